The van der Waals surface area contributed by atoms with Crippen molar-refractivity contribution in [2.24, 2.45) is 5.92 Å². The molecule has 1 aromatic carbocycles. The van der Waals surface area contributed by atoms with E-state index in [9.17, 15) is 18.0 Å². The number of benzene rings is 1. The number of rotatable bonds is 4. The Balaban J connectivity index is 1.61. The number of anilines is 1. The van der Waals surface area contributed by atoms with Crippen LogP contribution < -0.4 is 10.2 Å². The summed E-state index contributed by atoms with van der Waals surface area (Å²) in [6.07, 6.45) is -0.954. The molecule has 3 rings (SSSR count). The van der Waals surface area contributed by atoms with Gasteiger partial charge in [0.1, 0.15) is 0 Å². The van der Waals surface area contributed by atoms with Crippen LogP contribution in [0.3, 0.4) is 0 Å². The number of alkyl halides is 3. The number of hydrogen-bond acceptors (Lipinski definition) is 2. The molecule has 0 bridgehead atoms. The molecule has 1 N–H and O–H groups in total. The summed E-state index contributed by atoms with van der Waals surface area (Å²) in [6.45, 7) is 2.66. The van der Waals surface area contributed by atoms with Gasteiger partial charge in [-0.25, -0.2) is 4.79 Å². The molecule has 1 heterocycles. The normalized spacial score (nSPS) is 24.0. The number of urea groups is 1. The van der Waals surface area contributed by atoms with Crippen molar-refractivity contribution in [1.29, 1.82) is 0 Å². The molecule has 0 aromatic heterocycles. The fraction of sp³-hybridized carbons (Fsp3) is 0.588. The first-order chi connectivity index (χ1) is 11.4. The highest BCUT2D eigenvalue weighted by atomic mass is 19.4. The Kier molecular flexibility index (Phi) is 4.71. The maximum atomic E-state index is 12.6. The molecule has 2 aliphatic rings. The van der Waals surface area contributed by atoms with Crippen molar-refractivity contribution in [2.45, 2.75) is 44.5 Å². The topological polar surface area (TPSA) is 41.6 Å². The van der Waals surface area contributed by atoms with Gasteiger partial charge in [-0.2, -0.15) is 13.2 Å². The zero-order chi connectivity index (χ0) is 17.3. The minimum Gasteiger partial charge on any atom is -0.376 e. The average molecular weight is 342 g/mol. The van der Waals surface area contributed by atoms with Gasteiger partial charge in [0, 0.05) is 12.2 Å². The summed E-state index contributed by atoms with van der Waals surface area (Å²) in [4.78, 5) is 13.9. The lowest BCUT2D eigenvalue weighted by atomic mass is 10.1. The molecular weight excluding hydrogens is 321 g/mol. The Labute approximate surface area is 139 Å². The average Bonchev–Trinajstić information content (AvgIpc) is 3.28. The van der Waals surface area contributed by atoms with Crippen LogP contribution in [0.5, 0.6) is 0 Å². The summed E-state index contributed by atoms with van der Waals surface area (Å²) < 4.78 is 43.6. The Hall–Kier alpha value is -1.76. The molecule has 0 spiro atoms. The monoisotopic (exact) mass is 342 g/mol. The molecule has 0 radical (unpaired) electrons. The highest BCUT2D eigenvalue weighted by Crippen LogP contribution is 2.38. The van der Waals surface area contributed by atoms with Crippen molar-refractivity contribution in [3.8, 4) is 0 Å². The number of amides is 2. The lowest BCUT2D eigenvalue weighted by molar-refractivity contribution is -0.137. The standard InChI is InChI=1S/C17H21F3N2O2/c1-2-22(14-7-5-12(6-8-14)17(18,19)20)16(23)21-13-9-15(24-10-13)11-3-4-11/h5-8,11,13,15H,2-4,9-10H2,1H3,(H,21,23). The maximum absolute atomic E-state index is 12.6. The van der Waals surface area contributed by atoms with Crippen LogP contribution in [0.2, 0.25) is 0 Å². The third-order valence-corrected chi connectivity index (χ3v) is 4.57. The lowest BCUT2D eigenvalue weighted by Crippen LogP contribution is -2.45. The molecule has 24 heavy (non-hydrogen) atoms. The second kappa shape index (κ2) is 6.63. The molecule has 1 aliphatic carbocycles. The molecule has 2 atom stereocenters. The number of halogens is 3. The highest BCUT2D eigenvalue weighted by Gasteiger charge is 2.38. The zero-order valence-electron chi connectivity index (χ0n) is 13.5. The molecule has 1 saturated carbocycles. The van der Waals surface area contributed by atoms with Crippen LogP contribution in [0, 0.1) is 5.92 Å². The second-order valence-corrected chi connectivity index (χ2v) is 6.38. The second-order valence-electron chi connectivity index (χ2n) is 6.38. The van der Waals surface area contributed by atoms with Crippen LogP contribution in [0.25, 0.3) is 0 Å². The smallest absolute Gasteiger partial charge is 0.376 e. The Bertz CT molecular complexity index is 584. The van der Waals surface area contributed by atoms with E-state index in [-0.39, 0.29) is 18.2 Å². The van der Waals surface area contributed by atoms with Crippen LogP contribution in [0.15, 0.2) is 24.3 Å². The largest absolute Gasteiger partial charge is 0.416 e. The molecule has 4 nitrogen and oxygen atoms in total. The van der Waals surface area contributed by atoms with Crippen molar-refractivity contribution in [1.82, 2.24) is 5.32 Å². The van der Waals surface area contributed by atoms with Crippen molar-refractivity contribution >= 4 is 11.7 Å². The van der Waals surface area contributed by atoms with E-state index in [1.165, 1.54) is 29.9 Å². The zero-order valence-corrected chi connectivity index (χ0v) is 13.5. The van der Waals surface area contributed by atoms with E-state index in [2.05, 4.69) is 5.32 Å². The highest BCUT2D eigenvalue weighted by molar-refractivity contribution is 5.92. The van der Waals surface area contributed by atoms with Crippen LogP contribution in [-0.2, 0) is 10.9 Å². The first-order valence-corrected chi connectivity index (χ1v) is 8.25. The van der Waals surface area contributed by atoms with Gasteiger partial charge in [0.15, 0.2) is 0 Å². The SMILES string of the molecule is CCN(C(=O)NC1COC(C2CC2)C1)c1ccc(C(F)(F)F)cc1. The summed E-state index contributed by atoms with van der Waals surface area (Å²) in [5, 5.41) is 2.93. The third kappa shape index (κ3) is 3.83. The van der Waals surface area contributed by atoms with Crippen LogP contribution in [0.1, 0.15) is 31.7 Å². The van der Waals surface area contributed by atoms with Gasteiger partial charge in [-0.15, -0.1) is 0 Å². The fourth-order valence-corrected chi connectivity index (χ4v) is 3.08. The van der Waals surface area contributed by atoms with Gasteiger partial charge in [-0.1, -0.05) is 0 Å². The van der Waals surface area contributed by atoms with E-state index in [0.717, 1.165) is 18.6 Å². The number of carbonyl (C=O) groups excluding carboxylic acids is 1. The molecule has 2 unspecified atom stereocenters. The van der Waals surface area contributed by atoms with E-state index >= 15 is 0 Å². The summed E-state index contributed by atoms with van der Waals surface area (Å²) in [5.74, 6) is 0.629. The predicted molar refractivity (Wildman–Crippen MR) is 83.9 cm³/mol. The molecule has 2 fully saturated rings. The van der Waals surface area contributed by atoms with Gasteiger partial charge in [-0.3, -0.25) is 4.90 Å². The number of nitrogens with one attached hydrogen (secondary N) is 1. The maximum Gasteiger partial charge on any atom is 0.416 e. The third-order valence-electron chi connectivity index (χ3n) is 4.57. The molecule has 1 saturated heterocycles. The van der Waals surface area contributed by atoms with Crippen LogP contribution in [-0.4, -0.2) is 31.3 Å². The van der Waals surface area contributed by atoms with Crippen molar-refractivity contribution in [2.75, 3.05) is 18.1 Å². The summed E-state index contributed by atoms with van der Waals surface area (Å²) in [6, 6.07) is 4.29. The van der Waals surface area contributed by atoms with Crippen molar-refractivity contribution < 1.29 is 22.7 Å². The summed E-state index contributed by atoms with van der Waals surface area (Å²) in [5.41, 5.74) is -0.278. The quantitative estimate of drug-likeness (QED) is 0.904. The molecular formula is C17H21F3N2O2. The number of ether oxygens (including phenoxy) is 1. The summed E-state index contributed by atoms with van der Waals surface area (Å²) in [7, 11) is 0. The molecule has 1 aromatic rings. The minimum atomic E-state index is -4.38. The van der Waals surface area contributed by atoms with E-state index in [1.807, 2.05) is 0 Å². The minimum absolute atomic E-state index is 0.0356. The van der Waals surface area contributed by atoms with E-state index in [1.54, 1.807) is 6.92 Å². The number of nitrogens with zero attached hydrogens (tertiary/aromatic N) is 1. The van der Waals surface area contributed by atoms with E-state index in [0.29, 0.717) is 24.8 Å². The molecule has 1 aliphatic heterocycles. The van der Waals surface area contributed by atoms with Crippen molar-refractivity contribution in [3.63, 3.8) is 0 Å². The molecule has 7 heteroatoms. The van der Waals surface area contributed by atoms with Gasteiger partial charge >= 0.3 is 12.2 Å². The lowest BCUT2D eigenvalue weighted by Gasteiger charge is -2.24. The fourth-order valence-electron chi connectivity index (χ4n) is 3.08. The van der Waals surface area contributed by atoms with Gasteiger partial charge in [0.05, 0.1) is 24.3 Å². The Morgan fingerprint density at radius 2 is 1.96 bits per heavy atom. The number of hydrogen-bond donors (Lipinski definition) is 1. The first-order valence-electron chi connectivity index (χ1n) is 8.25. The van der Waals surface area contributed by atoms with Crippen LogP contribution >= 0.6 is 0 Å². The van der Waals surface area contributed by atoms with Gasteiger partial charge in [-0.05, 0) is 56.4 Å². The van der Waals surface area contributed by atoms with Gasteiger partial charge in [0.25, 0.3) is 0 Å². The predicted octanol–water partition coefficient (Wildman–Crippen LogP) is 3.81. The molecule has 2 amide bonds. The summed E-state index contributed by atoms with van der Waals surface area (Å²) >= 11 is 0. The van der Waals surface area contributed by atoms with Crippen molar-refractivity contribution in [3.05, 3.63) is 29.8 Å². The number of carbonyl (C=O) groups is 1. The Morgan fingerprint density at radius 3 is 2.50 bits per heavy atom. The van der Waals surface area contributed by atoms with E-state index < -0.39 is 11.7 Å². The van der Waals surface area contributed by atoms with Gasteiger partial charge in [0.2, 0.25) is 0 Å². The van der Waals surface area contributed by atoms with Crippen LogP contribution in [0.4, 0.5) is 23.7 Å². The first kappa shape index (κ1) is 17.1. The van der Waals surface area contributed by atoms with Gasteiger partial charge < -0.3 is 10.1 Å². The molecule has 132 valence electrons. The Morgan fingerprint density at radius 1 is 1.29 bits per heavy atom. The van der Waals surface area contributed by atoms with E-state index in [4.69, 9.17) is 4.74 Å².